The van der Waals surface area contributed by atoms with Crippen LogP contribution in [0.5, 0.6) is 11.6 Å². The standard InChI is InChI=1S/C5H7N2O4/c1-10-4-3-6(8)7(9)5(4)11-2/h3H,1-2H3/q-1. The van der Waals surface area contributed by atoms with E-state index in [2.05, 4.69) is 9.47 Å². The van der Waals surface area contributed by atoms with E-state index in [9.17, 15) is 10.4 Å². The number of ether oxygens (including phenoxy) is 2. The zero-order valence-corrected chi connectivity index (χ0v) is 6.10. The number of nitrogens with zero attached hydrogens (tertiary/aromatic N) is 2. The molecule has 0 bridgehead atoms. The first-order chi connectivity index (χ1) is 5.20. The molecule has 0 fully saturated rings. The van der Waals surface area contributed by atoms with Crippen molar-refractivity contribution in [2.75, 3.05) is 14.2 Å². The van der Waals surface area contributed by atoms with Crippen LogP contribution < -0.4 is 14.3 Å². The molecule has 6 heteroatoms. The van der Waals surface area contributed by atoms with Gasteiger partial charge in [0, 0.05) is 0 Å². The monoisotopic (exact) mass is 159 g/mol. The molecule has 1 aromatic heterocycles. The molecule has 0 spiro atoms. The highest BCUT2D eigenvalue weighted by atomic mass is 16.6. The topological polar surface area (TPSA) is 73.4 Å². The summed E-state index contributed by atoms with van der Waals surface area (Å²) in [5, 5.41) is 21.3. The second kappa shape index (κ2) is 2.57. The Morgan fingerprint density at radius 1 is 1.45 bits per heavy atom. The average molecular weight is 159 g/mol. The summed E-state index contributed by atoms with van der Waals surface area (Å²) in [6.45, 7) is 0. The van der Waals surface area contributed by atoms with Crippen LogP contribution in [0.15, 0.2) is 6.20 Å². The van der Waals surface area contributed by atoms with E-state index in [1.54, 1.807) is 0 Å². The number of aromatic nitrogens is 2. The molecule has 0 atom stereocenters. The minimum Gasteiger partial charge on any atom is -0.755 e. The Bertz CT molecular complexity index is 257. The van der Waals surface area contributed by atoms with E-state index in [1.807, 2.05) is 0 Å². The van der Waals surface area contributed by atoms with Gasteiger partial charge in [-0.1, -0.05) is 4.85 Å². The lowest BCUT2D eigenvalue weighted by Gasteiger charge is -2.07. The van der Waals surface area contributed by atoms with Crippen LogP contribution in [-0.2, 0) is 0 Å². The first-order valence-electron chi connectivity index (χ1n) is 2.81. The highest BCUT2D eigenvalue weighted by Crippen LogP contribution is 2.23. The van der Waals surface area contributed by atoms with Crippen LogP contribution in [0.4, 0.5) is 0 Å². The minimum atomic E-state index is -0.137. The number of hydrogen-bond donors (Lipinski definition) is 0. The van der Waals surface area contributed by atoms with E-state index in [0.29, 0.717) is 0 Å². The largest absolute Gasteiger partial charge is 0.755 e. The van der Waals surface area contributed by atoms with E-state index in [4.69, 9.17) is 0 Å². The lowest BCUT2D eigenvalue weighted by molar-refractivity contribution is -0.685. The van der Waals surface area contributed by atoms with Crippen molar-refractivity contribution in [2.45, 2.75) is 0 Å². The summed E-state index contributed by atoms with van der Waals surface area (Å²) in [7, 11) is 2.63. The van der Waals surface area contributed by atoms with E-state index in [1.165, 1.54) is 14.2 Å². The van der Waals surface area contributed by atoms with E-state index in [0.717, 1.165) is 6.20 Å². The van der Waals surface area contributed by atoms with Crippen molar-refractivity contribution in [1.82, 2.24) is 4.85 Å². The van der Waals surface area contributed by atoms with Crippen molar-refractivity contribution < 1.29 is 14.3 Å². The normalized spacial score (nSPS) is 9.64. The van der Waals surface area contributed by atoms with Gasteiger partial charge in [0.15, 0.2) is 0 Å². The van der Waals surface area contributed by atoms with Gasteiger partial charge in [0.05, 0.1) is 14.2 Å². The highest BCUT2D eigenvalue weighted by Gasteiger charge is 2.14. The van der Waals surface area contributed by atoms with Crippen LogP contribution in [0.3, 0.4) is 0 Å². The number of rotatable bonds is 2. The minimum absolute atomic E-state index is 0.0544. The third kappa shape index (κ3) is 1.02. The third-order valence-corrected chi connectivity index (χ3v) is 1.20. The Balaban J connectivity index is 3.15. The van der Waals surface area contributed by atoms with Crippen LogP contribution in [0.1, 0.15) is 0 Å². The molecule has 0 radical (unpaired) electrons. The number of methoxy groups -OCH3 is 2. The second-order valence-electron chi connectivity index (χ2n) is 1.78. The molecule has 0 saturated heterocycles. The van der Waals surface area contributed by atoms with Gasteiger partial charge in [0.1, 0.15) is 0 Å². The number of hydrogen-bond acceptors (Lipinski definition) is 4. The first-order valence-corrected chi connectivity index (χ1v) is 2.81. The van der Waals surface area contributed by atoms with Gasteiger partial charge >= 0.3 is 0 Å². The Labute approximate surface area is 62.7 Å². The lowest BCUT2D eigenvalue weighted by atomic mass is 10.6. The van der Waals surface area contributed by atoms with Crippen LogP contribution in [0, 0.1) is 10.4 Å². The molecule has 0 unspecified atom stereocenters. The van der Waals surface area contributed by atoms with Gasteiger partial charge in [-0.2, -0.15) is 0 Å². The van der Waals surface area contributed by atoms with Crippen LogP contribution in [-0.4, -0.2) is 19.1 Å². The van der Waals surface area contributed by atoms with E-state index < -0.39 is 0 Å². The third-order valence-electron chi connectivity index (χ3n) is 1.20. The Morgan fingerprint density at radius 3 is 2.45 bits per heavy atom. The fourth-order valence-electron chi connectivity index (χ4n) is 0.710. The molecular weight excluding hydrogens is 152 g/mol. The van der Waals surface area contributed by atoms with E-state index >= 15 is 0 Å². The predicted octanol–water partition coefficient (Wildman–Crippen LogP) is -0.515. The molecule has 0 aliphatic rings. The molecule has 6 nitrogen and oxygen atoms in total. The average Bonchev–Trinajstić information content (AvgIpc) is 2.28. The molecule has 0 aliphatic carbocycles. The molecule has 62 valence electrons. The fraction of sp³-hybridized carbons (Fsp3) is 0.400. The van der Waals surface area contributed by atoms with E-state index in [-0.39, 0.29) is 21.3 Å². The molecular formula is C5H7N2O4-. The maximum absolute atomic E-state index is 10.7. The molecule has 0 aliphatic heterocycles. The van der Waals surface area contributed by atoms with Crippen LogP contribution in [0.2, 0.25) is 0 Å². The van der Waals surface area contributed by atoms with Gasteiger partial charge in [0.25, 0.3) is 17.8 Å². The molecule has 1 aromatic rings. The summed E-state index contributed by atoms with van der Waals surface area (Å²) in [4.78, 5) is 0.135. The lowest BCUT2D eigenvalue weighted by Crippen LogP contribution is -2.33. The maximum Gasteiger partial charge on any atom is 0.293 e. The predicted molar refractivity (Wildman–Crippen MR) is 35.3 cm³/mol. The van der Waals surface area contributed by atoms with Crippen molar-refractivity contribution in [1.29, 1.82) is 0 Å². The zero-order chi connectivity index (χ0) is 8.43. The quantitative estimate of drug-likeness (QED) is 0.430. The van der Waals surface area contributed by atoms with Crippen LogP contribution in [0.25, 0.3) is 0 Å². The molecule has 0 aromatic carbocycles. The molecule has 11 heavy (non-hydrogen) atoms. The summed E-state index contributed by atoms with van der Waals surface area (Å²) in [6, 6.07) is 0. The maximum atomic E-state index is 10.7. The van der Waals surface area contributed by atoms with Crippen molar-refractivity contribution >= 4 is 0 Å². The Hall–Kier alpha value is -1.59. The molecule has 1 rings (SSSR count). The van der Waals surface area contributed by atoms with Crippen molar-refractivity contribution in [3.63, 3.8) is 0 Å². The Morgan fingerprint density at radius 2 is 2.09 bits per heavy atom. The zero-order valence-electron chi connectivity index (χ0n) is 6.10. The summed E-state index contributed by atoms with van der Waals surface area (Å²) >= 11 is 0. The van der Waals surface area contributed by atoms with Gasteiger partial charge in [-0.05, 0) is 0 Å². The van der Waals surface area contributed by atoms with Crippen molar-refractivity contribution in [2.24, 2.45) is 0 Å². The van der Waals surface area contributed by atoms with Crippen LogP contribution >= 0.6 is 0 Å². The smallest absolute Gasteiger partial charge is 0.293 e. The van der Waals surface area contributed by atoms with Crippen molar-refractivity contribution in [3.05, 3.63) is 16.6 Å². The molecule has 0 amide bonds. The molecule has 1 heterocycles. The summed E-state index contributed by atoms with van der Waals surface area (Å²) in [6.07, 6.45) is 0.992. The molecule has 0 N–H and O–H groups in total. The fourth-order valence-corrected chi connectivity index (χ4v) is 0.710. The highest BCUT2D eigenvalue weighted by molar-refractivity contribution is 5.29. The van der Waals surface area contributed by atoms with Gasteiger partial charge in [-0.3, -0.25) is 0 Å². The SMILES string of the molecule is COc1c[n+]([O-])n([O-])c1OC. The van der Waals surface area contributed by atoms with Crippen molar-refractivity contribution in [3.8, 4) is 11.6 Å². The van der Waals surface area contributed by atoms with Gasteiger partial charge in [-0.15, -0.1) is 4.85 Å². The second-order valence-corrected chi connectivity index (χ2v) is 1.78. The summed E-state index contributed by atoms with van der Waals surface area (Å²) in [5.41, 5.74) is 0. The summed E-state index contributed by atoms with van der Waals surface area (Å²) in [5.74, 6) is -0.0139. The first kappa shape index (κ1) is 7.52. The Kier molecular flexibility index (Phi) is 1.75. The van der Waals surface area contributed by atoms with Gasteiger partial charge < -0.3 is 19.9 Å². The summed E-state index contributed by atoms with van der Waals surface area (Å²) < 4.78 is 9.26. The molecule has 0 saturated carbocycles. The van der Waals surface area contributed by atoms with Gasteiger partial charge in [0.2, 0.25) is 0 Å². The van der Waals surface area contributed by atoms with Gasteiger partial charge in [-0.25, -0.2) is 0 Å².